The van der Waals surface area contributed by atoms with Gasteiger partial charge in [0, 0.05) is 11.3 Å². The minimum Gasteiger partial charge on any atom is -0.396 e. The molecule has 0 rings (SSSR count). The van der Waals surface area contributed by atoms with Gasteiger partial charge in [-0.3, -0.25) is 0 Å². The van der Waals surface area contributed by atoms with Crippen LogP contribution in [0.5, 0.6) is 0 Å². The molecule has 0 fully saturated rings. The Morgan fingerprint density at radius 3 is 2.27 bits per heavy atom. The smallest absolute Gasteiger partial charge is 0.125 e. The van der Waals surface area contributed by atoms with Crippen LogP contribution in [-0.2, 0) is 4.79 Å². The molecule has 0 unspecified atom stereocenters. The summed E-state index contributed by atoms with van der Waals surface area (Å²) >= 11 is 0. The zero-order valence-electron chi connectivity index (χ0n) is 7.24. The predicted molar refractivity (Wildman–Crippen MR) is 42.1 cm³/mol. The van der Waals surface area contributed by atoms with E-state index in [1.54, 1.807) is 20.8 Å². The standard InChI is InChI=1S/C8H16O3/c1-6(4-9)7(11)8(2,3)5-10/h4,6-7,10-11H,5H2,1-3H3/t6-,7+/m0/s1. The van der Waals surface area contributed by atoms with Gasteiger partial charge in [-0.15, -0.1) is 0 Å². The molecule has 0 aromatic heterocycles. The van der Waals surface area contributed by atoms with Gasteiger partial charge in [-0.05, 0) is 0 Å². The van der Waals surface area contributed by atoms with Crippen molar-refractivity contribution in [2.24, 2.45) is 11.3 Å². The van der Waals surface area contributed by atoms with Crippen LogP contribution < -0.4 is 0 Å². The summed E-state index contributed by atoms with van der Waals surface area (Å²) in [5, 5.41) is 18.3. The SMILES string of the molecule is C[C@@H](C=O)[C@@H](O)C(C)(C)CO. The Kier molecular flexibility index (Phi) is 3.69. The van der Waals surface area contributed by atoms with Crippen molar-refractivity contribution in [3.05, 3.63) is 0 Å². The minimum absolute atomic E-state index is 0.119. The lowest BCUT2D eigenvalue weighted by atomic mass is 9.81. The lowest BCUT2D eigenvalue weighted by Crippen LogP contribution is -2.38. The Hall–Kier alpha value is -0.410. The molecular formula is C8H16O3. The first-order valence-electron chi connectivity index (χ1n) is 3.70. The summed E-state index contributed by atoms with van der Waals surface area (Å²) in [7, 11) is 0. The number of hydrogen-bond donors (Lipinski definition) is 2. The quantitative estimate of drug-likeness (QED) is 0.578. The molecule has 0 aromatic carbocycles. The summed E-state index contributed by atoms with van der Waals surface area (Å²) in [6.07, 6.45) is -0.0766. The molecule has 0 aliphatic carbocycles. The molecule has 0 radical (unpaired) electrons. The third-order valence-corrected chi connectivity index (χ3v) is 1.92. The van der Waals surface area contributed by atoms with Crippen molar-refractivity contribution in [3.63, 3.8) is 0 Å². The van der Waals surface area contributed by atoms with E-state index in [1.165, 1.54) is 0 Å². The minimum atomic E-state index is -0.773. The highest BCUT2D eigenvalue weighted by Crippen LogP contribution is 2.24. The van der Waals surface area contributed by atoms with Crippen LogP contribution in [-0.4, -0.2) is 29.2 Å². The van der Waals surface area contributed by atoms with E-state index in [9.17, 15) is 9.90 Å². The average Bonchev–Trinajstić information content (AvgIpc) is 2.01. The second kappa shape index (κ2) is 3.83. The Morgan fingerprint density at radius 2 is 2.00 bits per heavy atom. The molecule has 0 aliphatic heterocycles. The van der Waals surface area contributed by atoms with Crippen LogP contribution in [0.2, 0.25) is 0 Å². The number of rotatable bonds is 4. The van der Waals surface area contributed by atoms with E-state index in [-0.39, 0.29) is 6.61 Å². The fraction of sp³-hybridized carbons (Fsp3) is 0.875. The summed E-state index contributed by atoms with van der Waals surface area (Å²) in [5.41, 5.74) is -0.597. The van der Waals surface area contributed by atoms with Crippen molar-refractivity contribution in [1.29, 1.82) is 0 Å². The monoisotopic (exact) mass is 160 g/mol. The van der Waals surface area contributed by atoms with E-state index >= 15 is 0 Å². The lowest BCUT2D eigenvalue weighted by Gasteiger charge is -2.30. The summed E-state index contributed by atoms with van der Waals surface area (Å²) in [4.78, 5) is 10.3. The van der Waals surface area contributed by atoms with Crippen molar-refractivity contribution in [2.45, 2.75) is 26.9 Å². The molecule has 0 aliphatic rings. The van der Waals surface area contributed by atoms with Gasteiger partial charge in [-0.1, -0.05) is 20.8 Å². The van der Waals surface area contributed by atoms with Gasteiger partial charge < -0.3 is 15.0 Å². The Morgan fingerprint density at radius 1 is 1.55 bits per heavy atom. The molecule has 2 atom stereocenters. The predicted octanol–water partition coefficient (Wildman–Crippen LogP) is 0.201. The van der Waals surface area contributed by atoms with Crippen LogP contribution >= 0.6 is 0 Å². The molecule has 0 saturated heterocycles. The first kappa shape index (κ1) is 10.6. The van der Waals surface area contributed by atoms with Crippen molar-refractivity contribution in [3.8, 4) is 0 Å². The van der Waals surface area contributed by atoms with Crippen LogP contribution in [0.3, 0.4) is 0 Å². The summed E-state index contributed by atoms with van der Waals surface area (Å²) in [5.74, 6) is -0.419. The maximum absolute atomic E-state index is 10.3. The van der Waals surface area contributed by atoms with Crippen LogP contribution in [0.1, 0.15) is 20.8 Å². The second-order valence-corrected chi connectivity index (χ2v) is 3.59. The highest BCUT2D eigenvalue weighted by molar-refractivity contribution is 5.53. The molecule has 0 saturated carbocycles. The Labute approximate surface area is 67.0 Å². The van der Waals surface area contributed by atoms with E-state index < -0.39 is 17.4 Å². The summed E-state index contributed by atoms with van der Waals surface area (Å²) < 4.78 is 0. The highest BCUT2D eigenvalue weighted by atomic mass is 16.3. The number of aliphatic hydroxyl groups is 2. The zero-order valence-corrected chi connectivity index (χ0v) is 7.24. The zero-order chi connectivity index (χ0) is 9.07. The van der Waals surface area contributed by atoms with Crippen LogP contribution in [0.25, 0.3) is 0 Å². The first-order chi connectivity index (χ1) is 4.95. The van der Waals surface area contributed by atoms with E-state index in [0.29, 0.717) is 6.29 Å². The molecule has 0 heterocycles. The van der Waals surface area contributed by atoms with Gasteiger partial charge in [0.05, 0.1) is 12.7 Å². The normalized spacial score (nSPS) is 17.5. The average molecular weight is 160 g/mol. The summed E-state index contributed by atoms with van der Waals surface area (Å²) in [6, 6.07) is 0. The highest BCUT2D eigenvalue weighted by Gasteiger charge is 2.30. The maximum Gasteiger partial charge on any atom is 0.125 e. The van der Waals surface area contributed by atoms with Crippen molar-refractivity contribution in [1.82, 2.24) is 0 Å². The van der Waals surface area contributed by atoms with Crippen molar-refractivity contribution >= 4 is 6.29 Å². The molecule has 66 valence electrons. The number of carbonyl (C=O) groups is 1. The molecule has 0 aromatic rings. The number of carbonyl (C=O) groups excluding carboxylic acids is 1. The molecule has 0 bridgehead atoms. The van der Waals surface area contributed by atoms with Gasteiger partial charge in [-0.2, -0.15) is 0 Å². The Balaban J connectivity index is 4.21. The molecule has 11 heavy (non-hydrogen) atoms. The summed E-state index contributed by atoms with van der Waals surface area (Å²) in [6.45, 7) is 4.96. The molecule has 2 N–H and O–H groups in total. The van der Waals surface area contributed by atoms with E-state index in [1.807, 2.05) is 0 Å². The molecule has 3 heteroatoms. The van der Waals surface area contributed by atoms with Crippen molar-refractivity contribution < 1.29 is 15.0 Å². The molecule has 3 nitrogen and oxygen atoms in total. The maximum atomic E-state index is 10.3. The lowest BCUT2D eigenvalue weighted by molar-refractivity contribution is -0.117. The second-order valence-electron chi connectivity index (χ2n) is 3.59. The van der Waals surface area contributed by atoms with E-state index in [4.69, 9.17) is 5.11 Å². The topological polar surface area (TPSA) is 57.5 Å². The van der Waals surface area contributed by atoms with Gasteiger partial charge in [0.15, 0.2) is 0 Å². The van der Waals surface area contributed by atoms with Crippen LogP contribution in [0.15, 0.2) is 0 Å². The van der Waals surface area contributed by atoms with Crippen LogP contribution in [0.4, 0.5) is 0 Å². The fourth-order valence-corrected chi connectivity index (χ4v) is 0.880. The number of hydrogen-bond acceptors (Lipinski definition) is 3. The van der Waals surface area contributed by atoms with E-state index in [0.717, 1.165) is 0 Å². The van der Waals surface area contributed by atoms with Gasteiger partial charge in [-0.25, -0.2) is 0 Å². The molecular weight excluding hydrogens is 144 g/mol. The van der Waals surface area contributed by atoms with Gasteiger partial charge in [0.2, 0.25) is 0 Å². The molecule has 0 amide bonds. The largest absolute Gasteiger partial charge is 0.396 e. The van der Waals surface area contributed by atoms with Gasteiger partial charge in [0.1, 0.15) is 6.29 Å². The fourth-order valence-electron chi connectivity index (χ4n) is 0.880. The third kappa shape index (κ3) is 2.60. The van der Waals surface area contributed by atoms with E-state index in [2.05, 4.69) is 0 Å². The number of aldehydes is 1. The van der Waals surface area contributed by atoms with Crippen LogP contribution in [0, 0.1) is 11.3 Å². The van der Waals surface area contributed by atoms with Gasteiger partial charge in [0.25, 0.3) is 0 Å². The third-order valence-electron chi connectivity index (χ3n) is 1.92. The van der Waals surface area contributed by atoms with Crippen molar-refractivity contribution in [2.75, 3.05) is 6.61 Å². The first-order valence-corrected chi connectivity index (χ1v) is 3.70. The molecule has 0 spiro atoms. The number of aliphatic hydroxyl groups excluding tert-OH is 2. The Bertz CT molecular complexity index is 131. The van der Waals surface area contributed by atoms with Gasteiger partial charge >= 0.3 is 0 Å².